The van der Waals surface area contributed by atoms with Gasteiger partial charge in [-0.15, -0.1) is 0 Å². The van der Waals surface area contributed by atoms with Gasteiger partial charge in [-0.3, -0.25) is 0 Å². The van der Waals surface area contributed by atoms with Gasteiger partial charge in [-0.1, -0.05) is 6.07 Å². The van der Waals surface area contributed by atoms with Gasteiger partial charge in [0.2, 0.25) is 0 Å². The van der Waals surface area contributed by atoms with E-state index in [1.54, 1.807) is 7.11 Å². The van der Waals surface area contributed by atoms with E-state index in [0.29, 0.717) is 19.8 Å². The molecule has 33 heavy (non-hydrogen) atoms. The summed E-state index contributed by atoms with van der Waals surface area (Å²) in [5.41, 5.74) is 8.73. The predicted octanol–water partition coefficient (Wildman–Crippen LogP) is 3.49. The number of nitrogens with two attached hydrogens (primary N) is 1. The van der Waals surface area contributed by atoms with Gasteiger partial charge in [0.15, 0.2) is 0 Å². The van der Waals surface area contributed by atoms with Crippen LogP contribution in [0.2, 0.25) is 0 Å². The summed E-state index contributed by atoms with van der Waals surface area (Å²) in [5, 5.41) is 16.7. The first-order chi connectivity index (χ1) is 16.0. The van der Waals surface area contributed by atoms with E-state index < -0.39 is 5.41 Å². The van der Waals surface area contributed by atoms with Crippen molar-refractivity contribution in [2.75, 3.05) is 37.5 Å². The van der Waals surface area contributed by atoms with Crippen molar-refractivity contribution in [3.05, 3.63) is 36.0 Å². The maximum absolute atomic E-state index is 9.71. The summed E-state index contributed by atoms with van der Waals surface area (Å²) in [5.74, 6) is 1.60. The van der Waals surface area contributed by atoms with Gasteiger partial charge in [0.1, 0.15) is 11.6 Å². The molecule has 0 bridgehead atoms. The Morgan fingerprint density at radius 2 is 2.09 bits per heavy atom. The predicted molar refractivity (Wildman–Crippen MR) is 129 cm³/mol. The highest BCUT2D eigenvalue weighted by Crippen LogP contribution is 2.31. The molecule has 1 aliphatic heterocycles. The lowest BCUT2D eigenvalue weighted by atomic mass is 9.82. The molecule has 2 aromatic rings. The first kappa shape index (κ1) is 23.4. The van der Waals surface area contributed by atoms with E-state index in [1.165, 1.54) is 0 Å². The minimum atomic E-state index is -0.401. The van der Waals surface area contributed by atoms with E-state index in [4.69, 9.17) is 20.2 Å². The third-order valence-electron chi connectivity index (χ3n) is 6.92. The van der Waals surface area contributed by atoms with Crippen LogP contribution < -0.4 is 16.4 Å². The molecule has 176 valence electrons. The number of anilines is 2. The molecule has 0 spiro atoms. The molecule has 1 aliphatic carbocycles. The number of methoxy groups -OCH3 is 1. The summed E-state index contributed by atoms with van der Waals surface area (Å²) in [6.45, 7) is 3.87. The zero-order chi connectivity index (χ0) is 23.3. The molecule has 2 aliphatic rings. The first-order valence-electron chi connectivity index (χ1n) is 11.7. The van der Waals surface area contributed by atoms with Gasteiger partial charge in [-0.2, -0.15) is 5.26 Å². The molecule has 2 fully saturated rings. The minimum Gasteiger partial charge on any atom is -0.381 e. The van der Waals surface area contributed by atoms with Crippen LogP contribution in [0, 0.1) is 23.7 Å². The number of nitrogens with one attached hydrogen (secondary N) is 2. The van der Waals surface area contributed by atoms with E-state index >= 15 is 0 Å². The maximum atomic E-state index is 9.71. The van der Waals surface area contributed by atoms with Crippen molar-refractivity contribution in [2.45, 2.75) is 57.2 Å². The Morgan fingerprint density at radius 3 is 2.85 bits per heavy atom. The standard InChI is InChI=1S/C25H34N6O2/c1-17-14-28-24(30-18-6-7-20(27)22(12-18)32-2)13-19(17)21-4-3-5-23(31-21)29-16-25(15-26)8-10-33-11-9-25/h3-5,13-14,18,20,22H,6-12,16,27H2,1-2H3,(H,28,30)(H,29,31)/t18-,20-,22-/m0/s1. The molecular formula is C25H34N6O2. The van der Waals surface area contributed by atoms with Crippen LogP contribution >= 0.6 is 0 Å². The second kappa shape index (κ2) is 10.5. The zero-order valence-electron chi connectivity index (χ0n) is 19.5. The normalized spacial score (nSPS) is 24.6. The lowest BCUT2D eigenvalue weighted by Gasteiger charge is -2.33. The minimum absolute atomic E-state index is 0.0676. The van der Waals surface area contributed by atoms with Gasteiger partial charge < -0.3 is 25.8 Å². The van der Waals surface area contributed by atoms with Gasteiger partial charge in [0.05, 0.1) is 23.3 Å². The number of aromatic nitrogens is 2. The summed E-state index contributed by atoms with van der Waals surface area (Å²) in [6.07, 6.45) is 6.23. The Morgan fingerprint density at radius 1 is 1.27 bits per heavy atom. The monoisotopic (exact) mass is 450 g/mol. The lowest BCUT2D eigenvalue weighted by Crippen LogP contribution is -2.45. The number of rotatable bonds is 7. The second-order valence-corrected chi connectivity index (χ2v) is 9.24. The Bertz CT molecular complexity index is 985. The Hall–Kier alpha value is -2.73. The number of hydrogen-bond acceptors (Lipinski definition) is 8. The quantitative estimate of drug-likeness (QED) is 0.587. The molecule has 0 aromatic carbocycles. The van der Waals surface area contributed by atoms with Crippen LogP contribution in [0.5, 0.6) is 0 Å². The van der Waals surface area contributed by atoms with Crippen LogP contribution in [0.15, 0.2) is 30.5 Å². The molecule has 4 rings (SSSR count). The fourth-order valence-corrected chi connectivity index (χ4v) is 4.68. The number of hydrogen-bond donors (Lipinski definition) is 3. The third kappa shape index (κ3) is 5.61. The van der Waals surface area contributed by atoms with Crippen molar-refractivity contribution in [2.24, 2.45) is 11.1 Å². The molecule has 3 heterocycles. The van der Waals surface area contributed by atoms with Gasteiger partial charge in [0, 0.05) is 50.7 Å². The number of ether oxygens (including phenoxy) is 2. The average Bonchev–Trinajstić information content (AvgIpc) is 2.86. The highest BCUT2D eigenvalue weighted by Gasteiger charge is 2.32. The van der Waals surface area contributed by atoms with Crippen LogP contribution in [-0.2, 0) is 9.47 Å². The molecule has 8 nitrogen and oxygen atoms in total. The average molecular weight is 451 g/mol. The lowest BCUT2D eigenvalue weighted by molar-refractivity contribution is 0.0455. The number of aryl methyl sites for hydroxylation is 1. The Labute approximate surface area is 195 Å². The molecule has 3 atom stereocenters. The molecule has 2 aromatic heterocycles. The van der Waals surface area contributed by atoms with Crippen molar-refractivity contribution in [1.29, 1.82) is 5.26 Å². The van der Waals surface area contributed by atoms with Crippen LogP contribution in [-0.4, -0.2) is 55.0 Å². The van der Waals surface area contributed by atoms with Crippen molar-refractivity contribution < 1.29 is 9.47 Å². The fourth-order valence-electron chi connectivity index (χ4n) is 4.68. The van der Waals surface area contributed by atoms with Crippen LogP contribution in [0.25, 0.3) is 11.3 Å². The van der Waals surface area contributed by atoms with Crippen LogP contribution in [0.4, 0.5) is 11.6 Å². The van der Waals surface area contributed by atoms with E-state index in [2.05, 4.69) is 27.8 Å². The second-order valence-electron chi connectivity index (χ2n) is 9.24. The number of pyridine rings is 2. The van der Waals surface area contributed by atoms with Gasteiger partial charge >= 0.3 is 0 Å². The van der Waals surface area contributed by atoms with E-state index in [-0.39, 0.29) is 18.2 Å². The summed E-state index contributed by atoms with van der Waals surface area (Å²) < 4.78 is 11.0. The third-order valence-corrected chi connectivity index (χ3v) is 6.92. The summed E-state index contributed by atoms with van der Waals surface area (Å²) in [6, 6.07) is 10.9. The zero-order valence-corrected chi connectivity index (χ0v) is 19.5. The molecule has 1 saturated heterocycles. The molecule has 1 saturated carbocycles. The Kier molecular flexibility index (Phi) is 7.43. The Balaban J connectivity index is 1.47. The molecule has 8 heteroatoms. The first-order valence-corrected chi connectivity index (χ1v) is 11.7. The molecular weight excluding hydrogens is 416 g/mol. The molecule has 0 unspecified atom stereocenters. The van der Waals surface area contributed by atoms with E-state index in [0.717, 1.165) is 60.6 Å². The molecule has 0 radical (unpaired) electrons. The largest absolute Gasteiger partial charge is 0.381 e. The summed E-state index contributed by atoms with van der Waals surface area (Å²) in [4.78, 5) is 9.43. The highest BCUT2D eigenvalue weighted by molar-refractivity contribution is 5.68. The molecule has 0 amide bonds. The van der Waals surface area contributed by atoms with Gasteiger partial charge in [-0.05, 0) is 62.8 Å². The van der Waals surface area contributed by atoms with Crippen LogP contribution in [0.3, 0.4) is 0 Å². The number of nitriles is 1. The van der Waals surface area contributed by atoms with Crippen molar-refractivity contribution >= 4 is 11.6 Å². The van der Waals surface area contributed by atoms with Crippen molar-refractivity contribution in [1.82, 2.24) is 9.97 Å². The highest BCUT2D eigenvalue weighted by atomic mass is 16.5. The van der Waals surface area contributed by atoms with E-state index in [1.807, 2.05) is 31.3 Å². The molecule has 4 N–H and O–H groups in total. The smallest absolute Gasteiger partial charge is 0.126 e. The van der Waals surface area contributed by atoms with Crippen molar-refractivity contribution in [3.8, 4) is 17.3 Å². The summed E-state index contributed by atoms with van der Waals surface area (Å²) >= 11 is 0. The van der Waals surface area contributed by atoms with Crippen LogP contribution in [0.1, 0.15) is 37.7 Å². The van der Waals surface area contributed by atoms with E-state index in [9.17, 15) is 5.26 Å². The fraction of sp³-hybridized carbons (Fsp3) is 0.560. The number of nitrogens with zero attached hydrogens (tertiary/aromatic N) is 3. The van der Waals surface area contributed by atoms with Gasteiger partial charge in [-0.25, -0.2) is 9.97 Å². The van der Waals surface area contributed by atoms with Gasteiger partial charge in [0.25, 0.3) is 0 Å². The maximum Gasteiger partial charge on any atom is 0.126 e. The topological polar surface area (TPSA) is 118 Å². The summed E-state index contributed by atoms with van der Waals surface area (Å²) in [7, 11) is 1.72. The van der Waals surface area contributed by atoms with Crippen molar-refractivity contribution in [3.63, 3.8) is 0 Å². The SMILES string of the molecule is CO[C@H]1C[C@@H](Nc2cc(-c3cccc(NCC4(C#N)CCOCC4)n3)c(C)cn2)CC[C@@H]1N.